The largest absolute Gasteiger partial charge is 0.308 e. The van der Waals surface area contributed by atoms with Crippen LogP contribution in [-0.4, -0.2) is 29.0 Å². The van der Waals surface area contributed by atoms with Gasteiger partial charge in [-0.25, -0.2) is 4.98 Å². The lowest BCUT2D eigenvalue weighted by molar-refractivity contribution is 0.170. The van der Waals surface area contributed by atoms with Crippen LogP contribution in [0.5, 0.6) is 0 Å². The van der Waals surface area contributed by atoms with Gasteiger partial charge in [-0.2, -0.15) is 0 Å². The van der Waals surface area contributed by atoms with E-state index in [0.29, 0.717) is 6.04 Å². The smallest absolute Gasteiger partial charge is 0.107 e. The van der Waals surface area contributed by atoms with Crippen molar-refractivity contribution in [1.29, 1.82) is 0 Å². The lowest BCUT2D eigenvalue weighted by atomic mass is 9.92. The molecule has 3 nitrogen and oxygen atoms in total. The lowest BCUT2D eigenvalue weighted by Gasteiger charge is -2.31. The van der Waals surface area contributed by atoms with Crippen molar-refractivity contribution in [3.63, 3.8) is 0 Å². The number of nitrogens with one attached hydrogen (secondary N) is 1. The van der Waals surface area contributed by atoms with Crippen molar-refractivity contribution in [3.05, 3.63) is 16.1 Å². The van der Waals surface area contributed by atoms with Gasteiger partial charge in [-0.15, -0.1) is 11.3 Å². The molecule has 1 aliphatic heterocycles. The summed E-state index contributed by atoms with van der Waals surface area (Å²) in [7, 11) is 0. The maximum atomic E-state index is 4.75. The van der Waals surface area contributed by atoms with Crippen LogP contribution in [0, 0.1) is 5.92 Å². The molecule has 0 amide bonds. The van der Waals surface area contributed by atoms with Crippen molar-refractivity contribution >= 4 is 11.3 Å². The van der Waals surface area contributed by atoms with E-state index in [4.69, 9.17) is 4.98 Å². The van der Waals surface area contributed by atoms with E-state index in [1.807, 2.05) is 0 Å². The quantitative estimate of drug-likeness (QED) is 0.832. The zero-order valence-corrected chi connectivity index (χ0v) is 14.0. The summed E-state index contributed by atoms with van der Waals surface area (Å²) >= 11 is 1.79. The molecule has 1 aromatic heterocycles. The van der Waals surface area contributed by atoms with Gasteiger partial charge in [0.15, 0.2) is 0 Å². The van der Waals surface area contributed by atoms with Crippen LogP contribution in [0.3, 0.4) is 0 Å². The Bertz CT molecular complexity index is 381. The van der Waals surface area contributed by atoms with Crippen LogP contribution in [0.15, 0.2) is 5.38 Å². The van der Waals surface area contributed by atoms with Crippen LogP contribution in [0.2, 0.25) is 0 Å². The summed E-state index contributed by atoms with van der Waals surface area (Å²) in [6.45, 7) is 11.1. The number of piperidine rings is 1. The van der Waals surface area contributed by atoms with Crippen LogP contribution < -0.4 is 5.32 Å². The standard InChI is InChI=1S/C16H29N3S/c1-4-5-14-6-8-19(9-7-14)11-15-12-20-16(18-15)10-17-13(2)3/h12-14,17H,4-11H2,1-3H3. The summed E-state index contributed by atoms with van der Waals surface area (Å²) in [4.78, 5) is 7.32. The molecule has 0 saturated carbocycles. The second kappa shape index (κ2) is 8.11. The maximum absolute atomic E-state index is 4.75. The topological polar surface area (TPSA) is 28.2 Å². The van der Waals surface area contributed by atoms with Gasteiger partial charge in [-0.05, 0) is 31.8 Å². The Hall–Kier alpha value is -0.450. The first-order valence-corrected chi connectivity index (χ1v) is 8.94. The van der Waals surface area contributed by atoms with Gasteiger partial charge in [0.2, 0.25) is 0 Å². The second-order valence-electron chi connectivity index (χ2n) is 6.28. The molecular formula is C16H29N3S. The molecule has 0 aliphatic carbocycles. The zero-order valence-electron chi connectivity index (χ0n) is 13.2. The van der Waals surface area contributed by atoms with Gasteiger partial charge < -0.3 is 5.32 Å². The van der Waals surface area contributed by atoms with Crippen molar-refractivity contribution in [2.75, 3.05) is 13.1 Å². The first kappa shape index (κ1) is 15.9. The van der Waals surface area contributed by atoms with Crippen LogP contribution in [-0.2, 0) is 13.1 Å². The van der Waals surface area contributed by atoms with E-state index in [-0.39, 0.29) is 0 Å². The second-order valence-corrected chi connectivity index (χ2v) is 7.22. The molecule has 0 atom stereocenters. The SMILES string of the molecule is CCCC1CCN(Cc2csc(CNC(C)C)n2)CC1. The van der Waals surface area contributed by atoms with Crippen LogP contribution >= 0.6 is 11.3 Å². The number of likely N-dealkylation sites (tertiary alicyclic amines) is 1. The van der Waals surface area contributed by atoms with Gasteiger partial charge in [0.1, 0.15) is 5.01 Å². The summed E-state index contributed by atoms with van der Waals surface area (Å²) in [5.74, 6) is 0.970. The van der Waals surface area contributed by atoms with E-state index >= 15 is 0 Å². The highest BCUT2D eigenvalue weighted by Gasteiger charge is 2.19. The molecule has 0 spiro atoms. The maximum Gasteiger partial charge on any atom is 0.107 e. The van der Waals surface area contributed by atoms with Gasteiger partial charge in [0.25, 0.3) is 0 Å². The normalized spacial score (nSPS) is 18.0. The minimum atomic E-state index is 0.528. The fourth-order valence-corrected chi connectivity index (χ4v) is 3.60. The van der Waals surface area contributed by atoms with E-state index in [0.717, 1.165) is 19.0 Å². The fourth-order valence-electron chi connectivity index (χ4n) is 2.86. The average molecular weight is 295 g/mol. The molecule has 1 saturated heterocycles. The predicted molar refractivity (Wildman–Crippen MR) is 87.0 cm³/mol. The number of nitrogens with zero attached hydrogens (tertiary/aromatic N) is 2. The average Bonchev–Trinajstić information content (AvgIpc) is 2.87. The highest BCUT2D eigenvalue weighted by molar-refractivity contribution is 7.09. The molecule has 20 heavy (non-hydrogen) atoms. The van der Waals surface area contributed by atoms with Crippen molar-refractivity contribution < 1.29 is 0 Å². The van der Waals surface area contributed by atoms with Gasteiger partial charge in [-0.1, -0.05) is 33.6 Å². The number of rotatable bonds is 7. The number of hydrogen-bond acceptors (Lipinski definition) is 4. The Kier molecular flexibility index (Phi) is 6.46. The third-order valence-corrected chi connectivity index (χ3v) is 4.95. The minimum absolute atomic E-state index is 0.528. The van der Waals surface area contributed by atoms with Crippen molar-refractivity contribution in [1.82, 2.24) is 15.2 Å². The minimum Gasteiger partial charge on any atom is -0.308 e. The van der Waals surface area contributed by atoms with Crippen LogP contribution in [0.4, 0.5) is 0 Å². The molecule has 2 heterocycles. The molecule has 0 unspecified atom stereocenters. The molecule has 1 N–H and O–H groups in total. The van der Waals surface area contributed by atoms with Crippen LogP contribution in [0.1, 0.15) is 57.2 Å². The highest BCUT2D eigenvalue weighted by Crippen LogP contribution is 2.23. The van der Waals surface area contributed by atoms with Crippen LogP contribution in [0.25, 0.3) is 0 Å². The molecule has 1 fully saturated rings. The van der Waals surface area contributed by atoms with E-state index in [1.165, 1.54) is 49.5 Å². The first-order valence-electron chi connectivity index (χ1n) is 8.06. The molecule has 4 heteroatoms. The lowest BCUT2D eigenvalue weighted by Crippen LogP contribution is -2.33. The Balaban J connectivity index is 1.74. The molecule has 1 aromatic rings. The summed E-state index contributed by atoms with van der Waals surface area (Å²) in [6, 6.07) is 0.528. The van der Waals surface area contributed by atoms with Crippen molar-refractivity contribution in [2.24, 2.45) is 5.92 Å². The number of thiazole rings is 1. The molecular weight excluding hydrogens is 266 g/mol. The Morgan fingerprint density at radius 1 is 1.40 bits per heavy atom. The van der Waals surface area contributed by atoms with Gasteiger partial charge in [0.05, 0.1) is 5.69 Å². The molecule has 2 rings (SSSR count). The number of hydrogen-bond donors (Lipinski definition) is 1. The van der Waals surface area contributed by atoms with Crippen molar-refractivity contribution in [3.8, 4) is 0 Å². The monoisotopic (exact) mass is 295 g/mol. The Labute approximate surface area is 127 Å². The summed E-state index contributed by atoms with van der Waals surface area (Å²) in [5.41, 5.74) is 1.25. The Morgan fingerprint density at radius 3 is 2.80 bits per heavy atom. The van der Waals surface area contributed by atoms with Gasteiger partial charge in [-0.3, -0.25) is 4.90 Å². The van der Waals surface area contributed by atoms with Crippen molar-refractivity contribution in [2.45, 2.75) is 65.6 Å². The zero-order chi connectivity index (χ0) is 14.4. The van der Waals surface area contributed by atoms with Gasteiger partial charge in [0, 0.05) is 24.5 Å². The molecule has 0 aromatic carbocycles. The third-order valence-electron chi connectivity index (χ3n) is 4.05. The summed E-state index contributed by atoms with van der Waals surface area (Å²) in [5, 5.41) is 6.88. The summed E-state index contributed by atoms with van der Waals surface area (Å²) in [6.07, 6.45) is 5.50. The molecule has 114 valence electrons. The predicted octanol–water partition coefficient (Wildman–Crippen LogP) is 3.65. The van der Waals surface area contributed by atoms with Gasteiger partial charge >= 0.3 is 0 Å². The molecule has 0 bridgehead atoms. The van der Waals surface area contributed by atoms with E-state index in [2.05, 4.69) is 36.4 Å². The van der Waals surface area contributed by atoms with E-state index < -0.39 is 0 Å². The highest BCUT2D eigenvalue weighted by atomic mass is 32.1. The van der Waals surface area contributed by atoms with E-state index in [1.54, 1.807) is 11.3 Å². The summed E-state index contributed by atoms with van der Waals surface area (Å²) < 4.78 is 0. The fraction of sp³-hybridized carbons (Fsp3) is 0.812. The third kappa shape index (κ3) is 5.15. The number of aromatic nitrogens is 1. The molecule has 0 radical (unpaired) electrons. The first-order chi connectivity index (χ1) is 9.67. The van der Waals surface area contributed by atoms with E-state index in [9.17, 15) is 0 Å². The Morgan fingerprint density at radius 2 is 2.15 bits per heavy atom. The molecule has 1 aliphatic rings.